The largest absolute Gasteiger partial charge is 0.383 e. The van der Waals surface area contributed by atoms with Gasteiger partial charge in [0.25, 0.3) is 0 Å². The fraction of sp³-hybridized carbons (Fsp3) is 1.00. The minimum atomic E-state index is 0.248. The molecule has 84 valence electrons. The normalized spacial score (nSPS) is 27.4. The summed E-state index contributed by atoms with van der Waals surface area (Å²) in [4.78, 5) is 2.48. The van der Waals surface area contributed by atoms with Gasteiger partial charge in [0.15, 0.2) is 0 Å². The van der Waals surface area contributed by atoms with Crippen molar-refractivity contribution >= 4 is 11.8 Å². The van der Waals surface area contributed by atoms with E-state index in [0.29, 0.717) is 0 Å². The van der Waals surface area contributed by atoms with Gasteiger partial charge in [0, 0.05) is 31.5 Å². The lowest BCUT2D eigenvalue weighted by Crippen LogP contribution is -2.55. The number of hydrogen-bond acceptors (Lipinski definition) is 4. The van der Waals surface area contributed by atoms with Gasteiger partial charge in [-0.05, 0) is 18.7 Å². The van der Waals surface area contributed by atoms with Gasteiger partial charge in [0.2, 0.25) is 0 Å². The average molecular weight is 218 g/mol. The Morgan fingerprint density at radius 1 is 1.57 bits per heavy atom. The minimum Gasteiger partial charge on any atom is -0.383 e. The highest BCUT2D eigenvalue weighted by Crippen LogP contribution is 2.32. The highest BCUT2D eigenvalue weighted by molar-refractivity contribution is 7.99. The third-order valence-electron chi connectivity index (χ3n) is 3.08. The summed E-state index contributed by atoms with van der Waals surface area (Å²) in [5.74, 6) is 2.43. The third-order valence-corrected chi connectivity index (χ3v) is 4.31. The summed E-state index contributed by atoms with van der Waals surface area (Å²) in [5, 5.41) is 0. The van der Waals surface area contributed by atoms with Crippen LogP contribution in [0, 0.1) is 0 Å². The SMILES string of the molecule is CCN(CCOC)C1(CN)CCSC1. The highest BCUT2D eigenvalue weighted by Gasteiger charge is 2.37. The van der Waals surface area contributed by atoms with Gasteiger partial charge in [-0.2, -0.15) is 11.8 Å². The number of ether oxygens (including phenoxy) is 1. The molecule has 1 atom stereocenters. The van der Waals surface area contributed by atoms with E-state index >= 15 is 0 Å². The van der Waals surface area contributed by atoms with Gasteiger partial charge in [-0.3, -0.25) is 4.90 Å². The van der Waals surface area contributed by atoms with Crippen molar-refractivity contribution in [3.05, 3.63) is 0 Å². The first-order valence-corrected chi connectivity index (χ1v) is 6.46. The molecule has 1 aliphatic heterocycles. The molecule has 14 heavy (non-hydrogen) atoms. The Morgan fingerprint density at radius 2 is 2.36 bits per heavy atom. The monoisotopic (exact) mass is 218 g/mol. The molecule has 0 bridgehead atoms. The van der Waals surface area contributed by atoms with Crippen LogP contribution < -0.4 is 5.73 Å². The first-order chi connectivity index (χ1) is 6.79. The second kappa shape index (κ2) is 5.95. The van der Waals surface area contributed by atoms with Crippen molar-refractivity contribution in [2.45, 2.75) is 18.9 Å². The topological polar surface area (TPSA) is 38.5 Å². The molecule has 2 N–H and O–H groups in total. The number of thioether (sulfide) groups is 1. The molecule has 0 aromatic heterocycles. The van der Waals surface area contributed by atoms with Gasteiger partial charge in [-0.15, -0.1) is 0 Å². The van der Waals surface area contributed by atoms with Gasteiger partial charge in [0.05, 0.1) is 6.61 Å². The molecule has 1 fully saturated rings. The average Bonchev–Trinajstić information content (AvgIpc) is 2.69. The first-order valence-electron chi connectivity index (χ1n) is 5.31. The molecule has 0 spiro atoms. The summed E-state index contributed by atoms with van der Waals surface area (Å²) in [6.45, 7) is 5.86. The van der Waals surface area contributed by atoms with Crippen LogP contribution in [0.4, 0.5) is 0 Å². The van der Waals surface area contributed by atoms with E-state index in [1.807, 2.05) is 11.8 Å². The van der Waals surface area contributed by atoms with Crippen LogP contribution in [0.2, 0.25) is 0 Å². The molecule has 1 rings (SSSR count). The van der Waals surface area contributed by atoms with E-state index in [1.165, 1.54) is 17.9 Å². The maximum absolute atomic E-state index is 5.92. The van der Waals surface area contributed by atoms with E-state index in [-0.39, 0.29) is 5.54 Å². The molecule has 1 aliphatic rings. The molecule has 0 amide bonds. The number of nitrogens with zero attached hydrogens (tertiary/aromatic N) is 1. The molecule has 1 unspecified atom stereocenters. The van der Waals surface area contributed by atoms with Crippen molar-refractivity contribution in [2.75, 3.05) is 44.9 Å². The molecule has 4 heteroatoms. The van der Waals surface area contributed by atoms with E-state index in [0.717, 1.165) is 26.2 Å². The van der Waals surface area contributed by atoms with Crippen molar-refractivity contribution in [1.82, 2.24) is 4.90 Å². The molecule has 0 radical (unpaired) electrons. The summed E-state index contributed by atoms with van der Waals surface area (Å²) in [5.41, 5.74) is 6.17. The van der Waals surface area contributed by atoms with Crippen LogP contribution >= 0.6 is 11.8 Å². The zero-order valence-electron chi connectivity index (χ0n) is 9.29. The summed E-state index contributed by atoms with van der Waals surface area (Å²) >= 11 is 2.02. The Kier molecular flexibility index (Phi) is 5.23. The van der Waals surface area contributed by atoms with E-state index < -0.39 is 0 Å². The second-order valence-electron chi connectivity index (χ2n) is 3.80. The Labute approximate surface area is 91.4 Å². The van der Waals surface area contributed by atoms with Crippen molar-refractivity contribution in [2.24, 2.45) is 5.73 Å². The molecule has 1 heterocycles. The standard InChI is InChI=1S/C10H22N2OS/c1-3-12(5-6-13-2)10(8-11)4-7-14-9-10/h3-9,11H2,1-2H3. The van der Waals surface area contributed by atoms with Gasteiger partial charge < -0.3 is 10.5 Å². The van der Waals surface area contributed by atoms with Crippen LogP contribution in [0.5, 0.6) is 0 Å². The molecule has 3 nitrogen and oxygen atoms in total. The van der Waals surface area contributed by atoms with Crippen LogP contribution in [0.25, 0.3) is 0 Å². The lowest BCUT2D eigenvalue weighted by atomic mass is 9.96. The van der Waals surface area contributed by atoms with Crippen LogP contribution in [0.3, 0.4) is 0 Å². The first kappa shape index (κ1) is 12.3. The Morgan fingerprint density at radius 3 is 2.79 bits per heavy atom. The summed E-state index contributed by atoms with van der Waals surface area (Å²) in [7, 11) is 1.76. The number of hydrogen-bond donors (Lipinski definition) is 1. The second-order valence-corrected chi connectivity index (χ2v) is 4.91. The smallest absolute Gasteiger partial charge is 0.0589 e. The van der Waals surface area contributed by atoms with Crippen molar-refractivity contribution < 1.29 is 4.74 Å². The third kappa shape index (κ3) is 2.63. The molecule has 0 aliphatic carbocycles. The molecule has 0 saturated carbocycles. The molecule has 0 aromatic rings. The van der Waals surface area contributed by atoms with E-state index in [9.17, 15) is 0 Å². The van der Waals surface area contributed by atoms with Crippen molar-refractivity contribution in [3.8, 4) is 0 Å². The maximum atomic E-state index is 5.92. The van der Waals surface area contributed by atoms with Crippen LogP contribution in [0.1, 0.15) is 13.3 Å². The number of likely N-dealkylation sites (N-methyl/N-ethyl adjacent to an activating group) is 1. The van der Waals surface area contributed by atoms with E-state index in [1.54, 1.807) is 7.11 Å². The fourth-order valence-corrected chi connectivity index (χ4v) is 3.56. The molecular weight excluding hydrogens is 196 g/mol. The predicted octanol–water partition coefficient (Wildman–Crippen LogP) is 0.789. The van der Waals surface area contributed by atoms with Gasteiger partial charge >= 0.3 is 0 Å². The maximum Gasteiger partial charge on any atom is 0.0589 e. The van der Waals surface area contributed by atoms with Crippen molar-refractivity contribution in [3.63, 3.8) is 0 Å². The zero-order chi connectivity index (χ0) is 10.4. The van der Waals surface area contributed by atoms with E-state index in [2.05, 4.69) is 11.8 Å². The Bertz CT molecular complexity index is 160. The minimum absolute atomic E-state index is 0.248. The number of rotatable bonds is 6. The van der Waals surface area contributed by atoms with Crippen LogP contribution in [-0.4, -0.2) is 55.3 Å². The summed E-state index contributed by atoms with van der Waals surface area (Å²) < 4.78 is 5.13. The number of nitrogens with two attached hydrogens (primary N) is 1. The predicted molar refractivity (Wildman–Crippen MR) is 62.9 cm³/mol. The Hall–Kier alpha value is 0.230. The molecule has 0 aromatic carbocycles. The summed E-state index contributed by atoms with van der Waals surface area (Å²) in [6, 6.07) is 0. The fourth-order valence-electron chi connectivity index (χ4n) is 2.07. The van der Waals surface area contributed by atoms with Crippen LogP contribution in [0.15, 0.2) is 0 Å². The lowest BCUT2D eigenvalue weighted by molar-refractivity contribution is 0.0798. The Balaban J connectivity index is 2.54. The zero-order valence-corrected chi connectivity index (χ0v) is 10.1. The van der Waals surface area contributed by atoms with Crippen LogP contribution in [-0.2, 0) is 4.74 Å². The highest BCUT2D eigenvalue weighted by atomic mass is 32.2. The van der Waals surface area contributed by atoms with E-state index in [4.69, 9.17) is 10.5 Å². The van der Waals surface area contributed by atoms with Gasteiger partial charge in [-0.25, -0.2) is 0 Å². The van der Waals surface area contributed by atoms with Crippen molar-refractivity contribution in [1.29, 1.82) is 0 Å². The summed E-state index contributed by atoms with van der Waals surface area (Å²) in [6.07, 6.45) is 1.23. The quantitative estimate of drug-likeness (QED) is 0.715. The van der Waals surface area contributed by atoms with Gasteiger partial charge in [-0.1, -0.05) is 6.92 Å². The molecule has 1 saturated heterocycles. The molecular formula is C10H22N2OS. The number of methoxy groups -OCH3 is 1. The van der Waals surface area contributed by atoms with Gasteiger partial charge in [0.1, 0.15) is 0 Å². The lowest BCUT2D eigenvalue weighted by Gasteiger charge is -2.39.